The molecule has 2 aromatic rings. The fourth-order valence-electron chi connectivity index (χ4n) is 2.04. The number of nitrogens with one attached hydrogen (secondary N) is 1. The van der Waals surface area contributed by atoms with Crippen molar-refractivity contribution in [3.05, 3.63) is 63.6 Å². The molecule has 0 aliphatic rings. The summed E-state index contributed by atoms with van der Waals surface area (Å²) in [6, 6.07) is 7.37. The number of ether oxygens (including phenoxy) is 1. The summed E-state index contributed by atoms with van der Waals surface area (Å²) >= 11 is 11.9. The van der Waals surface area contributed by atoms with Gasteiger partial charge in [-0.3, -0.25) is 4.79 Å². The van der Waals surface area contributed by atoms with Crippen molar-refractivity contribution < 1.29 is 22.7 Å². The normalized spacial score (nSPS) is 11.6. The van der Waals surface area contributed by atoms with Crippen LogP contribution in [0.15, 0.2) is 42.5 Å². The molecule has 132 valence electrons. The lowest BCUT2D eigenvalue weighted by Gasteiger charge is -2.09. The molecule has 0 fully saturated rings. The Kier molecular flexibility index (Phi) is 5.98. The highest BCUT2D eigenvalue weighted by molar-refractivity contribution is 6.36. The van der Waals surface area contributed by atoms with Crippen LogP contribution in [0.4, 0.5) is 18.9 Å². The summed E-state index contributed by atoms with van der Waals surface area (Å²) in [5, 5.41) is 2.98. The van der Waals surface area contributed by atoms with Crippen LogP contribution in [0.3, 0.4) is 0 Å². The van der Waals surface area contributed by atoms with Crippen molar-refractivity contribution in [1.29, 1.82) is 0 Å². The molecule has 0 aromatic heterocycles. The van der Waals surface area contributed by atoms with Gasteiger partial charge in [0.25, 0.3) is 0 Å². The van der Waals surface area contributed by atoms with E-state index < -0.39 is 17.6 Å². The Labute approximate surface area is 152 Å². The first-order valence-electron chi connectivity index (χ1n) is 6.90. The van der Waals surface area contributed by atoms with Gasteiger partial charge >= 0.3 is 6.18 Å². The van der Waals surface area contributed by atoms with Crippen LogP contribution in [0, 0.1) is 0 Å². The summed E-state index contributed by atoms with van der Waals surface area (Å²) in [5.41, 5.74) is -0.364. The summed E-state index contributed by atoms with van der Waals surface area (Å²) in [4.78, 5) is 11.9. The molecule has 2 aromatic carbocycles. The molecule has 0 aliphatic heterocycles. The van der Waals surface area contributed by atoms with Gasteiger partial charge in [0.1, 0.15) is 5.75 Å². The van der Waals surface area contributed by atoms with Crippen LogP contribution >= 0.6 is 23.2 Å². The maximum atomic E-state index is 12.7. The minimum Gasteiger partial charge on any atom is -0.495 e. The number of anilines is 1. The fraction of sp³-hybridized carbons (Fsp3) is 0.118. The second kappa shape index (κ2) is 7.80. The molecule has 8 heteroatoms. The number of carbonyl (C=O) groups excluding carboxylic acids is 1. The molecule has 0 saturated heterocycles. The number of hydrogen-bond acceptors (Lipinski definition) is 2. The molecular formula is C17H12Cl2F3NO2. The zero-order valence-electron chi connectivity index (χ0n) is 12.8. The topological polar surface area (TPSA) is 38.3 Å². The van der Waals surface area contributed by atoms with E-state index in [4.69, 9.17) is 27.9 Å². The SMILES string of the molecule is COc1c(Cl)cc(Cl)cc1/C=C/C(=O)Nc1cccc(C(F)(F)F)c1. The Bertz CT molecular complexity index is 820. The van der Waals surface area contributed by atoms with E-state index in [1.54, 1.807) is 6.07 Å². The van der Waals surface area contributed by atoms with Crippen LogP contribution < -0.4 is 10.1 Å². The minimum absolute atomic E-state index is 0.0283. The molecule has 0 unspecified atom stereocenters. The van der Waals surface area contributed by atoms with Crippen LogP contribution in [-0.2, 0) is 11.0 Å². The number of alkyl halides is 3. The van der Waals surface area contributed by atoms with Gasteiger partial charge in [0, 0.05) is 22.3 Å². The number of benzene rings is 2. The third-order valence-electron chi connectivity index (χ3n) is 3.11. The van der Waals surface area contributed by atoms with Gasteiger partial charge < -0.3 is 10.1 Å². The van der Waals surface area contributed by atoms with Crippen molar-refractivity contribution in [2.75, 3.05) is 12.4 Å². The van der Waals surface area contributed by atoms with E-state index in [-0.39, 0.29) is 10.7 Å². The molecule has 0 bridgehead atoms. The van der Waals surface area contributed by atoms with Crippen LogP contribution in [0.2, 0.25) is 10.0 Å². The number of methoxy groups -OCH3 is 1. The zero-order chi connectivity index (χ0) is 18.6. The standard InChI is InChI=1S/C17H12Cl2F3NO2/c1-25-16-10(7-12(18)9-14(16)19)5-6-15(24)23-13-4-2-3-11(8-13)17(20,21)22/h2-9H,1H3,(H,23,24)/b6-5+. The van der Waals surface area contributed by atoms with E-state index in [2.05, 4.69) is 5.32 Å². The lowest BCUT2D eigenvalue weighted by Crippen LogP contribution is -2.10. The Morgan fingerprint density at radius 3 is 2.56 bits per heavy atom. The third-order valence-corrected chi connectivity index (χ3v) is 3.61. The number of rotatable bonds is 4. The van der Waals surface area contributed by atoms with Crippen LogP contribution in [0.25, 0.3) is 6.08 Å². The van der Waals surface area contributed by atoms with E-state index in [9.17, 15) is 18.0 Å². The second-order valence-electron chi connectivity index (χ2n) is 4.91. The molecule has 0 spiro atoms. The molecule has 0 saturated carbocycles. The Balaban J connectivity index is 2.17. The molecule has 0 atom stereocenters. The van der Waals surface area contributed by atoms with E-state index in [0.717, 1.165) is 18.2 Å². The Hall–Kier alpha value is -2.18. The minimum atomic E-state index is -4.48. The quantitative estimate of drug-likeness (QED) is 0.683. The van der Waals surface area contributed by atoms with Crippen molar-refractivity contribution in [3.8, 4) is 5.75 Å². The first-order chi connectivity index (χ1) is 11.7. The molecule has 1 N–H and O–H groups in total. The highest BCUT2D eigenvalue weighted by Gasteiger charge is 2.30. The fourth-order valence-corrected chi connectivity index (χ4v) is 2.63. The molecular weight excluding hydrogens is 378 g/mol. The summed E-state index contributed by atoms with van der Waals surface area (Å²) < 4.78 is 43.1. The van der Waals surface area contributed by atoms with Crippen LogP contribution in [0.1, 0.15) is 11.1 Å². The molecule has 0 radical (unpaired) electrons. The average molecular weight is 390 g/mol. The van der Waals surface area contributed by atoms with Gasteiger partial charge in [-0.25, -0.2) is 0 Å². The lowest BCUT2D eigenvalue weighted by molar-refractivity contribution is -0.137. The largest absolute Gasteiger partial charge is 0.495 e. The van der Waals surface area contributed by atoms with E-state index in [1.165, 1.54) is 31.4 Å². The predicted molar refractivity (Wildman–Crippen MR) is 92.1 cm³/mol. The van der Waals surface area contributed by atoms with Gasteiger partial charge in [-0.15, -0.1) is 0 Å². The Morgan fingerprint density at radius 2 is 1.92 bits per heavy atom. The molecule has 1 amide bonds. The van der Waals surface area contributed by atoms with Crippen molar-refractivity contribution in [3.63, 3.8) is 0 Å². The van der Waals surface area contributed by atoms with Gasteiger partial charge in [-0.2, -0.15) is 13.2 Å². The summed E-state index contributed by atoms with van der Waals surface area (Å²) in [6.07, 6.45) is -1.94. The molecule has 0 aliphatic carbocycles. The van der Waals surface area contributed by atoms with Crippen molar-refractivity contribution in [2.45, 2.75) is 6.18 Å². The van der Waals surface area contributed by atoms with Crippen molar-refractivity contribution in [1.82, 2.24) is 0 Å². The van der Waals surface area contributed by atoms with E-state index in [1.807, 2.05) is 0 Å². The second-order valence-corrected chi connectivity index (χ2v) is 5.75. The highest BCUT2D eigenvalue weighted by Crippen LogP contribution is 2.33. The molecule has 25 heavy (non-hydrogen) atoms. The van der Waals surface area contributed by atoms with E-state index >= 15 is 0 Å². The maximum Gasteiger partial charge on any atom is 0.416 e. The van der Waals surface area contributed by atoms with Gasteiger partial charge in [0.2, 0.25) is 5.91 Å². The zero-order valence-corrected chi connectivity index (χ0v) is 14.3. The maximum absolute atomic E-state index is 12.7. The Morgan fingerprint density at radius 1 is 1.20 bits per heavy atom. The third kappa shape index (κ3) is 5.14. The van der Waals surface area contributed by atoms with Crippen LogP contribution in [-0.4, -0.2) is 13.0 Å². The molecule has 2 rings (SSSR count). The number of hydrogen-bond donors (Lipinski definition) is 1. The predicted octanol–water partition coefficient (Wildman–Crippen LogP) is 5.67. The average Bonchev–Trinajstić information content (AvgIpc) is 2.52. The van der Waals surface area contributed by atoms with Gasteiger partial charge in [0.05, 0.1) is 17.7 Å². The van der Waals surface area contributed by atoms with Gasteiger partial charge in [-0.05, 0) is 36.4 Å². The summed E-state index contributed by atoms with van der Waals surface area (Å²) in [5.74, 6) is -0.285. The van der Waals surface area contributed by atoms with Crippen LogP contribution in [0.5, 0.6) is 5.75 Å². The summed E-state index contributed by atoms with van der Waals surface area (Å²) in [7, 11) is 1.41. The van der Waals surface area contributed by atoms with Crippen molar-refractivity contribution in [2.24, 2.45) is 0 Å². The lowest BCUT2D eigenvalue weighted by atomic mass is 10.1. The molecule has 3 nitrogen and oxygen atoms in total. The van der Waals surface area contributed by atoms with Gasteiger partial charge in [-0.1, -0.05) is 29.3 Å². The van der Waals surface area contributed by atoms with Crippen molar-refractivity contribution >= 4 is 40.9 Å². The van der Waals surface area contributed by atoms with Gasteiger partial charge in [0.15, 0.2) is 0 Å². The first kappa shape index (κ1) is 19.1. The highest BCUT2D eigenvalue weighted by atomic mass is 35.5. The number of amides is 1. The number of halogens is 5. The monoisotopic (exact) mass is 389 g/mol. The summed E-state index contributed by atoms with van der Waals surface area (Å²) in [6.45, 7) is 0. The molecule has 0 heterocycles. The smallest absolute Gasteiger partial charge is 0.416 e. The van der Waals surface area contributed by atoms with E-state index in [0.29, 0.717) is 16.3 Å². The first-order valence-corrected chi connectivity index (χ1v) is 7.65. The number of carbonyl (C=O) groups is 1.